The van der Waals surface area contributed by atoms with Gasteiger partial charge >= 0.3 is 37.9 Å². The molecule has 7 aliphatic carbocycles. The van der Waals surface area contributed by atoms with E-state index in [0.717, 1.165) is 70.3 Å². The predicted molar refractivity (Wildman–Crippen MR) is 306 cm³/mol. The van der Waals surface area contributed by atoms with E-state index < -0.39 is 28.9 Å². The number of hydrogen-bond acceptors (Lipinski definition) is 0. The predicted octanol–water partition coefficient (Wildman–Crippen LogP) is 20.8. The normalized spacial score (nSPS) is 33.6. The fourth-order valence-corrected chi connectivity index (χ4v) is 24.6. The van der Waals surface area contributed by atoms with Gasteiger partial charge in [0.15, 0.2) is 0 Å². The molecule has 0 N–H and O–H groups in total. The van der Waals surface area contributed by atoms with E-state index in [1.54, 1.807) is 0 Å². The van der Waals surface area contributed by atoms with Crippen LogP contribution in [0.3, 0.4) is 0 Å². The van der Waals surface area contributed by atoms with E-state index in [1.807, 2.05) is 93.5 Å². The van der Waals surface area contributed by atoms with Crippen LogP contribution < -0.4 is 10.4 Å². The van der Waals surface area contributed by atoms with Crippen molar-refractivity contribution in [2.24, 2.45) is 80.8 Å². The molecule has 0 radical (unpaired) electrons. The average molecular weight is 1060 g/mol. The maximum atomic E-state index is 4.93. The third-order valence-corrected chi connectivity index (χ3v) is 25.8. The summed E-state index contributed by atoms with van der Waals surface area (Å²) in [6, 6.07) is 25.3. The van der Waals surface area contributed by atoms with Gasteiger partial charge in [-0.1, -0.05) is 248 Å². The fraction of sp³-hybridized carbons (Fsp3) is 0.794. The number of rotatable bonds is 4. The molecular weight excluding hydrogens is 947 g/mol. The number of halogens is 2. The van der Waals surface area contributed by atoms with Crippen molar-refractivity contribution in [2.45, 2.75) is 239 Å². The summed E-state index contributed by atoms with van der Waals surface area (Å²) < 4.78 is 0. The minimum absolute atomic E-state index is 0. The molecule has 0 spiro atoms. The van der Waals surface area contributed by atoms with Gasteiger partial charge in [0.1, 0.15) is 8.07 Å². The molecule has 11 unspecified atom stereocenters. The van der Waals surface area contributed by atoms with Gasteiger partial charge in [0.05, 0.1) is 0 Å². The van der Waals surface area contributed by atoms with Gasteiger partial charge < -0.3 is 7.43 Å². The summed E-state index contributed by atoms with van der Waals surface area (Å²) in [4.78, 5) is 0. The monoisotopic (exact) mass is 1060 g/mol. The Bertz CT molecular complexity index is 1490. The van der Waals surface area contributed by atoms with Gasteiger partial charge in [0.25, 0.3) is 0 Å². The third kappa shape index (κ3) is 13.5. The zero-order chi connectivity index (χ0) is 50.3. The maximum absolute atomic E-state index is 4.93. The van der Waals surface area contributed by atoms with Crippen LogP contribution in [0.15, 0.2) is 60.7 Å². The SMILES string of the molecule is CC.CC.CC.CC.CC.CC.CC1(C)CCC(C)(C)C2CC3C(CC21)C1CC2C(CC1C3[Si](c1ccccc1)(c1ccccc1)C1CCC3CCCCC31)C(C)(C)CCC2(C)C.[CH3-].[Cl][Zr][Cl]. The Morgan fingerprint density at radius 3 is 1.04 bits per heavy atom. The van der Waals surface area contributed by atoms with E-state index in [2.05, 4.69) is 116 Å². The Labute approximate surface area is 441 Å². The fourth-order valence-electron chi connectivity index (χ4n) is 16.8. The van der Waals surface area contributed by atoms with Crippen molar-refractivity contribution in [3.63, 3.8) is 0 Å². The molecule has 2 aromatic carbocycles. The second-order valence-electron chi connectivity index (χ2n) is 23.1. The van der Waals surface area contributed by atoms with E-state index >= 15 is 0 Å². The summed E-state index contributed by atoms with van der Waals surface area (Å²) in [6.45, 7) is 45.6. The van der Waals surface area contributed by atoms with Crippen LogP contribution in [-0.4, -0.2) is 8.07 Å². The molecule has 7 saturated carbocycles. The van der Waals surface area contributed by atoms with Gasteiger partial charge in [-0.3, -0.25) is 0 Å². The van der Waals surface area contributed by atoms with Crippen LogP contribution in [0.5, 0.6) is 0 Å². The molecule has 0 amide bonds. The molecule has 67 heavy (non-hydrogen) atoms. The van der Waals surface area contributed by atoms with Crippen LogP contribution in [0, 0.1) is 88.3 Å². The Hall–Kier alpha value is 0.120. The molecule has 7 aliphatic rings. The average Bonchev–Trinajstić information content (AvgIpc) is 3.93. The first kappa shape index (κ1) is 65.1. The number of hydrogen-bond donors (Lipinski definition) is 0. The van der Waals surface area contributed by atoms with Crippen LogP contribution in [0.1, 0.15) is 228 Å². The van der Waals surface area contributed by atoms with Gasteiger partial charge in [-0.05, 0) is 143 Å². The number of fused-ring (bicyclic) bond motifs is 6. The zero-order valence-corrected chi connectivity index (χ0v) is 53.3. The Kier molecular flexibility index (Phi) is 28.9. The van der Waals surface area contributed by atoms with E-state index in [9.17, 15) is 0 Å². The van der Waals surface area contributed by atoms with E-state index in [4.69, 9.17) is 17.0 Å². The molecule has 0 heterocycles. The van der Waals surface area contributed by atoms with Crippen molar-refractivity contribution >= 4 is 35.5 Å². The summed E-state index contributed by atoms with van der Waals surface area (Å²) in [5, 5.41) is 3.68. The van der Waals surface area contributed by atoms with Crippen LogP contribution in [0.4, 0.5) is 0 Å². The van der Waals surface area contributed by atoms with Gasteiger partial charge in [0.2, 0.25) is 0 Å². The summed E-state index contributed by atoms with van der Waals surface area (Å²) in [6.07, 6.45) is 20.8. The standard InChI is InChI=1S/C50H74Si.6C2H6.CH3.2ClH.Zr/c1-47(2)25-27-49(5,6)43-31-39-37(29-41(43)47)38-30-42-44(50(7,8)28-26-48(42,3)4)32-40(38)46(39)51(34-18-11-9-12-19-34,35-20-13-10-14-21-35)45-24-23-33-17-15-16-22-36(33)45;6*1-2;;;;/h9-14,18-21,33,36-46H,15-17,22-32H2,1-8H3;6*1-2H3;1H3;2*1H;/q;;;;;;;-1;;;+2/p-2. The molecule has 0 nitrogen and oxygen atoms in total. The van der Waals surface area contributed by atoms with Crippen molar-refractivity contribution in [2.75, 3.05) is 0 Å². The zero-order valence-electron chi connectivity index (χ0n) is 48.4. The van der Waals surface area contributed by atoms with Crippen LogP contribution in [0.25, 0.3) is 0 Å². The van der Waals surface area contributed by atoms with Gasteiger partial charge in [-0.2, -0.15) is 0 Å². The van der Waals surface area contributed by atoms with Crippen molar-refractivity contribution in [3.8, 4) is 0 Å². The first-order chi connectivity index (χ1) is 31.7. The summed E-state index contributed by atoms with van der Waals surface area (Å²) in [5.74, 6) is 9.14. The van der Waals surface area contributed by atoms with Gasteiger partial charge in [-0.15, -0.1) is 0 Å². The molecule has 11 atom stereocenters. The number of benzene rings is 2. The Morgan fingerprint density at radius 2 is 0.716 bits per heavy atom. The Morgan fingerprint density at radius 1 is 0.418 bits per heavy atom. The van der Waals surface area contributed by atoms with E-state index in [0.29, 0.717) is 21.7 Å². The van der Waals surface area contributed by atoms with Crippen LogP contribution >= 0.6 is 17.0 Å². The summed E-state index contributed by atoms with van der Waals surface area (Å²) >= 11 is -0.826. The van der Waals surface area contributed by atoms with Gasteiger partial charge in [-0.25, -0.2) is 0 Å². The first-order valence-corrected chi connectivity index (χ1v) is 37.2. The molecule has 0 saturated heterocycles. The second-order valence-corrected chi connectivity index (χ2v) is 31.1. The molecule has 0 aliphatic heterocycles. The first-order valence-electron chi connectivity index (χ1n) is 28.7. The molecule has 0 bridgehead atoms. The van der Waals surface area contributed by atoms with Crippen LogP contribution in [-0.2, 0) is 20.8 Å². The molecule has 7 fully saturated rings. The van der Waals surface area contributed by atoms with Gasteiger partial charge in [0, 0.05) is 0 Å². The molecular formula is C63H113Cl2SiZr-. The second kappa shape index (κ2) is 29.7. The van der Waals surface area contributed by atoms with Crippen molar-refractivity contribution in [3.05, 3.63) is 68.1 Å². The summed E-state index contributed by atoms with van der Waals surface area (Å²) in [7, 11) is 7.58. The molecule has 2 aromatic rings. The van der Waals surface area contributed by atoms with E-state index in [-0.39, 0.29) is 7.43 Å². The molecule has 4 heteroatoms. The topological polar surface area (TPSA) is 0 Å². The quantitative estimate of drug-likeness (QED) is 0.211. The van der Waals surface area contributed by atoms with E-state index in [1.165, 1.54) is 89.9 Å². The van der Waals surface area contributed by atoms with Crippen molar-refractivity contribution in [1.82, 2.24) is 0 Å². The summed E-state index contributed by atoms with van der Waals surface area (Å²) in [5.41, 5.74) is 3.68. The molecule has 388 valence electrons. The van der Waals surface area contributed by atoms with Crippen LogP contribution in [0.2, 0.25) is 11.1 Å². The Balaban J connectivity index is 0.00000128. The molecule has 9 rings (SSSR count). The van der Waals surface area contributed by atoms with Crippen molar-refractivity contribution < 1.29 is 20.8 Å². The molecule has 0 aromatic heterocycles. The minimum atomic E-state index is -2.28. The van der Waals surface area contributed by atoms with Crippen molar-refractivity contribution in [1.29, 1.82) is 0 Å². The third-order valence-electron chi connectivity index (χ3n) is 19.4.